The lowest BCUT2D eigenvalue weighted by Gasteiger charge is -2.21. The summed E-state index contributed by atoms with van der Waals surface area (Å²) < 4.78 is 0. The fraction of sp³-hybridized carbons (Fsp3) is 0.400. The smallest absolute Gasteiger partial charge is 0.337 e. The topological polar surface area (TPSA) is 78.4 Å². The Morgan fingerprint density at radius 2 is 1.91 bits per heavy atom. The van der Waals surface area contributed by atoms with E-state index in [2.05, 4.69) is 10.6 Å². The van der Waals surface area contributed by atoms with Crippen LogP contribution in [0.1, 0.15) is 42.5 Å². The van der Waals surface area contributed by atoms with Crippen molar-refractivity contribution in [3.05, 3.63) is 28.8 Å². The number of benzene rings is 1. The average molecular weight is 341 g/mol. The first kappa shape index (κ1) is 16.7. The Hall–Kier alpha value is -1.66. The van der Waals surface area contributed by atoms with Crippen molar-refractivity contribution in [3.8, 4) is 0 Å². The molecule has 1 saturated carbocycles. The molecule has 3 N–H and O–H groups in total. The lowest BCUT2D eigenvalue weighted by Crippen LogP contribution is -2.39. The Morgan fingerprint density at radius 1 is 1.23 bits per heavy atom. The molecule has 7 heteroatoms. The number of amides is 1. The van der Waals surface area contributed by atoms with E-state index in [1.54, 1.807) is 6.07 Å². The van der Waals surface area contributed by atoms with Crippen molar-refractivity contribution >= 4 is 46.5 Å². The third-order valence-corrected chi connectivity index (χ3v) is 4.19. The zero-order valence-corrected chi connectivity index (χ0v) is 13.5. The predicted octanol–water partition coefficient (Wildman–Crippen LogP) is 3.43. The van der Waals surface area contributed by atoms with E-state index in [1.165, 1.54) is 18.6 Å². The highest BCUT2D eigenvalue weighted by Crippen LogP contribution is 2.24. The highest BCUT2D eigenvalue weighted by molar-refractivity contribution is 7.80. The fourth-order valence-corrected chi connectivity index (χ4v) is 2.99. The minimum Gasteiger partial charge on any atom is -0.478 e. The summed E-state index contributed by atoms with van der Waals surface area (Å²) in [5.41, 5.74) is 0.549. The maximum Gasteiger partial charge on any atom is 0.337 e. The zero-order valence-electron chi connectivity index (χ0n) is 11.9. The molecule has 1 aliphatic carbocycles. The summed E-state index contributed by atoms with van der Waals surface area (Å²) in [6, 6.07) is 4.40. The third-order valence-electron chi connectivity index (χ3n) is 3.67. The second-order valence-electron chi connectivity index (χ2n) is 5.28. The van der Waals surface area contributed by atoms with Gasteiger partial charge in [-0.05, 0) is 43.3 Å². The number of carboxylic acid groups (broad SMARTS) is 1. The van der Waals surface area contributed by atoms with Crippen LogP contribution in [0.2, 0.25) is 5.02 Å². The van der Waals surface area contributed by atoms with E-state index in [0.717, 1.165) is 25.7 Å². The Bertz CT molecular complexity index is 600. The van der Waals surface area contributed by atoms with E-state index in [1.807, 2.05) is 0 Å². The first-order chi connectivity index (χ1) is 10.5. The number of carbonyl (C=O) groups is 2. The Kier molecular flexibility index (Phi) is 5.74. The number of rotatable bonds is 3. The Balaban J connectivity index is 1.92. The van der Waals surface area contributed by atoms with Gasteiger partial charge < -0.3 is 15.7 Å². The van der Waals surface area contributed by atoms with Crippen LogP contribution in [0.3, 0.4) is 0 Å². The number of aromatic carboxylic acids is 1. The molecule has 0 saturated heterocycles. The number of nitrogens with one attached hydrogen (secondary N) is 2. The maximum atomic E-state index is 12.1. The molecule has 1 fully saturated rings. The Morgan fingerprint density at radius 3 is 2.50 bits per heavy atom. The van der Waals surface area contributed by atoms with Crippen LogP contribution in [0, 0.1) is 5.92 Å². The van der Waals surface area contributed by atoms with Crippen LogP contribution in [0.4, 0.5) is 5.69 Å². The standard InChI is InChI=1S/C15H17ClN2O3S/c16-12-8-10(6-7-11(12)14(20)21)17-15(22)18-13(19)9-4-2-1-3-5-9/h6-9H,1-5H2,(H,20,21)(H2,17,18,19,22). The molecule has 1 aromatic rings. The molecule has 22 heavy (non-hydrogen) atoms. The average Bonchev–Trinajstić information content (AvgIpc) is 2.47. The summed E-state index contributed by atoms with van der Waals surface area (Å²) in [4.78, 5) is 23.0. The van der Waals surface area contributed by atoms with Gasteiger partial charge in [-0.2, -0.15) is 0 Å². The van der Waals surface area contributed by atoms with Gasteiger partial charge in [-0.3, -0.25) is 4.79 Å². The molecule has 0 aliphatic heterocycles. The predicted molar refractivity (Wildman–Crippen MR) is 89.3 cm³/mol. The van der Waals surface area contributed by atoms with Crippen molar-refractivity contribution in [2.24, 2.45) is 5.92 Å². The number of carboxylic acids is 1. The van der Waals surface area contributed by atoms with E-state index in [-0.39, 0.29) is 27.5 Å². The summed E-state index contributed by atoms with van der Waals surface area (Å²) in [5.74, 6) is -1.14. The van der Waals surface area contributed by atoms with Crippen LogP contribution in [0.15, 0.2) is 18.2 Å². The number of halogens is 1. The van der Waals surface area contributed by atoms with Gasteiger partial charge in [0, 0.05) is 11.6 Å². The highest BCUT2D eigenvalue weighted by Gasteiger charge is 2.21. The first-order valence-electron chi connectivity index (χ1n) is 7.12. The molecule has 0 atom stereocenters. The van der Waals surface area contributed by atoms with Crippen molar-refractivity contribution in [2.75, 3.05) is 5.32 Å². The zero-order chi connectivity index (χ0) is 16.1. The number of hydrogen-bond donors (Lipinski definition) is 3. The second kappa shape index (κ2) is 7.56. The quantitative estimate of drug-likeness (QED) is 0.735. The minimum absolute atomic E-state index is 0.0179. The van der Waals surface area contributed by atoms with Gasteiger partial charge in [-0.15, -0.1) is 0 Å². The summed E-state index contributed by atoms with van der Waals surface area (Å²) in [6.45, 7) is 0. The van der Waals surface area contributed by atoms with Gasteiger partial charge in [0.2, 0.25) is 5.91 Å². The normalized spacial score (nSPS) is 15.1. The maximum absolute atomic E-state index is 12.1. The number of anilines is 1. The van der Waals surface area contributed by atoms with Crippen molar-refractivity contribution in [2.45, 2.75) is 32.1 Å². The lowest BCUT2D eigenvalue weighted by molar-refractivity contribution is -0.124. The molecule has 0 spiro atoms. The largest absolute Gasteiger partial charge is 0.478 e. The second-order valence-corrected chi connectivity index (χ2v) is 6.09. The highest BCUT2D eigenvalue weighted by atomic mass is 35.5. The summed E-state index contributed by atoms with van der Waals surface area (Å²) in [6.07, 6.45) is 5.12. The fourth-order valence-electron chi connectivity index (χ4n) is 2.51. The van der Waals surface area contributed by atoms with E-state index < -0.39 is 5.97 Å². The summed E-state index contributed by atoms with van der Waals surface area (Å²) in [7, 11) is 0. The first-order valence-corrected chi connectivity index (χ1v) is 7.90. The minimum atomic E-state index is -1.09. The van der Waals surface area contributed by atoms with Crippen molar-refractivity contribution in [3.63, 3.8) is 0 Å². The van der Waals surface area contributed by atoms with Crippen LogP contribution < -0.4 is 10.6 Å². The molecule has 1 aliphatic rings. The molecule has 1 aromatic carbocycles. The van der Waals surface area contributed by atoms with Crippen LogP contribution >= 0.6 is 23.8 Å². The molecule has 118 valence electrons. The van der Waals surface area contributed by atoms with Gasteiger partial charge in [0.15, 0.2) is 5.11 Å². The van der Waals surface area contributed by atoms with E-state index in [0.29, 0.717) is 5.69 Å². The van der Waals surface area contributed by atoms with Crippen molar-refractivity contribution in [1.29, 1.82) is 0 Å². The van der Waals surface area contributed by atoms with E-state index >= 15 is 0 Å². The molecule has 0 bridgehead atoms. The molecule has 0 unspecified atom stereocenters. The van der Waals surface area contributed by atoms with Crippen molar-refractivity contribution < 1.29 is 14.7 Å². The lowest BCUT2D eigenvalue weighted by atomic mass is 9.89. The van der Waals surface area contributed by atoms with E-state index in [9.17, 15) is 9.59 Å². The van der Waals surface area contributed by atoms with Crippen LogP contribution in [0.5, 0.6) is 0 Å². The molecular formula is C15H17ClN2O3S. The van der Waals surface area contributed by atoms with Gasteiger partial charge in [0.25, 0.3) is 0 Å². The van der Waals surface area contributed by atoms with Crippen molar-refractivity contribution in [1.82, 2.24) is 5.32 Å². The molecule has 1 amide bonds. The molecule has 0 aromatic heterocycles. The van der Waals surface area contributed by atoms with Gasteiger partial charge in [-0.25, -0.2) is 4.79 Å². The number of hydrogen-bond acceptors (Lipinski definition) is 3. The number of carbonyl (C=O) groups excluding carboxylic acids is 1. The Labute approximate surface area is 139 Å². The van der Waals surface area contributed by atoms with Gasteiger partial charge >= 0.3 is 5.97 Å². The van der Waals surface area contributed by atoms with E-state index in [4.69, 9.17) is 28.9 Å². The number of thiocarbonyl (C=S) groups is 1. The molecule has 2 rings (SSSR count). The van der Waals surface area contributed by atoms with Crippen LogP contribution in [0.25, 0.3) is 0 Å². The summed E-state index contributed by atoms with van der Waals surface area (Å²) >= 11 is 11.0. The summed E-state index contributed by atoms with van der Waals surface area (Å²) in [5, 5.41) is 14.7. The SMILES string of the molecule is O=C(O)c1ccc(NC(=S)NC(=O)C2CCCCC2)cc1Cl. The molecule has 5 nitrogen and oxygen atoms in total. The van der Waals surface area contributed by atoms with Crippen LogP contribution in [-0.2, 0) is 4.79 Å². The van der Waals surface area contributed by atoms with Gasteiger partial charge in [0.05, 0.1) is 10.6 Å². The molecular weight excluding hydrogens is 324 g/mol. The van der Waals surface area contributed by atoms with Gasteiger partial charge in [-0.1, -0.05) is 30.9 Å². The monoisotopic (exact) mass is 340 g/mol. The van der Waals surface area contributed by atoms with Crippen LogP contribution in [-0.4, -0.2) is 22.1 Å². The van der Waals surface area contributed by atoms with Gasteiger partial charge in [0.1, 0.15) is 0 Å². The molecule has 0 radical (unpaired) electrons. The third kappa shape index (κ3) is 4.42. The molecule has 0 heterocycles.